The van der Waals surface area contributed by atoms with Crippen molar-refractivity contribution in [3.05, 3.63) is 118 Å². The molecule has 0 saturated heterocycles. The number of Topliss-reactive ketones (excluding diaryl/α,β-unsaturated/α-hetero) is 1. The van der Waals surface area contributed by atoms with Gasteiger partial charge in [-0.2, -0.15) is 10.1 Å². The van der Waals surface area contributed by atoms with Crippen LogP contribution in [0.2, 0.25) is 0 Å². The second-order valence-corrected chi connectivity index (χ2v) is 8.93. The number of aromatic nitrogens is 4. The molecule has 0 fully saturated rings. The summed E-state index contributed by atoms with van der Waals surface area (Å²) in [6, 6.07) is 23.3. The molecule has 2 aromatic carbocycles. The van der Waals surface area contributed by atoms with Crippen LogP contribution < -0.4 is 11.0 Å². The number of aryl methyl sites for hydroxylation is 2. The second kappa shape index (κ2) is 13.2. The van der Waals surface area contributed by atoms with Crippen LogP contribution in [0.5, 0.6) is 0 Å². The summed E-state index contributed by atoms with van der Waals surface area (Å²) in [6.45, 7) is 0.480. The van der Waals surface area contributed by atoms with E-state index < -0.39 is 17.6 Å². The third-order valence-corrected chi connectivity index (χ3v) is 5.98. The minimum atomic E-state index is -1.25. The highest BCUT2D eigenvalue weighted by molar-refractivity contribution is 5.91. The summed E-state index contributed by atoms with van der Waals surface area (Å²) in [4.78, 5) is 40.9. The smallest absolute Gasteiger partial charge is 0.347 e. The Morgan fingerprint density at radius 1 is 0.842 bits per heavy atom. The predicted octanol–water partition coefficient (Wildman–Crippen LogP) is 3.08. The maximum Gasteiger partial charge on any atom is 0.347 e. The van der Waals surface area contributed by atoms with Crippen LogP contribution in [0.25, 0.3) is 0 Å². The molecule has 4 rings (SSSR count). The first-order valence-electron chi connectivity index (χ1n) is 12.5. The summed E-state index contributed by atoms with van der Waals surface area (Å²) < 4.78 is 1.50. The molecule has 1 amide bonds. The topological polar surface area (TPSA) is 127 Å². The van der Waals surface area contributed by atoms with Gasteiger partial charge in [-0.15, -0.1) is 5.10 Å². The highest BCUT2D eigenvalue weighted by Crippen LogP contribution is 2.15. The summed E-state index contributed by atoms with van der Waals surface area (Å²) in [5.41, 5.74) is 2.13. The molecule has 9 heteroatoms. The minimum absolute atomic E-state index is 0.118. The van der Waals surface area contributed by atoms with Gasteiger partial charge >= 0.3 is 5.69 Å². The quantitative estimate of drug-likeness (QED) is 0.280. The first-order chi connectivity index (χ1) is 18.5. The molecule has 9 nitrogen and oxygen atoms in total. The Labute approximate surface area is 220 Å². The van der Waals surface area contributed by atoms with Crippen LogP contribution in [0.3, 0.4) is 0 Å². The Bertz CT molecular complexity index is 1410. The largest absolute Gasteiger partial charge is 0.381 e. The number of aliphatic hydroxyl groups excluding tert-OH is 1. The Morgan fingerprint density at radius 3 is 2.26 bits per heavy atom. The summed E-state index contributed by atoms with van der Waals surface area (Å²) in [5.74, 6) is -0.161. The molecule has 0 spiro atoms. The van der Waals surface area contributed by atoms with E-state index in [4.69, 9.17) is 0 Å². The zero-order chi connectivity index (χ0) is 26.7. The molecule has 1 atom stereocenters. The van der Waals surface area contributed by atoms with E-state index in [0.29, 0.717) is 30.0 Å². The number of hydrogen-bond acceptors (Lipinski definition) is 7. The zero-order valence-corrected chi connectivity index (χ0v) is 20.9. The van der Waals surface area contributed by atoms with Crippen molar-refractivity contribution in [3.8, 4) is 0 Å². The van der Waals surface area contributed by atoms with Gasteiger partial charge in [-0.05, 0) is 48.6 Å². The van der Waals surface area contributed by atoms with Crippen LogP contribution in [-0.4, -0.2) is 36.5 Å². The van der Waals surface area contributed by atoms with Crippen molar-refractivity contribution in [1.29, 1.82) is 0 Å². The van der Waals surface area contributed by atoms with E-state index in [2.05, 4.69) is 20.5 Å². The average molecular weight is 512 g/mol. The van der Waals surface area contributed by atoms with Crippen molar-refractivity contribution in [2.24, 2.45) is 0 Å². The summed E-state index contributed by atoms with van der Waals surface area (Å²) >= 11 is 0. The summed E-state index contributed by atoms with van der Waals surface area (Å²) in [5, 5.41) is 21.2. The van der Waals surface area contributed by atoms with E-state index in [1.54, 1.807) is 48.7 Å². The minimum Gasteiger partial charge on any atom is -0.381 e. The van der Waals surface area contributed by atoms with E-state index in [-0.39, 0.29) is 18.7 Å². The van der Waals surface area contributed by atoms with Gasteiger partial charge in [0.15, 0.2) is 11.6 Å². The number of carbonyl (C=O) groups is 2. The highest BCUT2D eigenvalue weighted by atomic mass is 16.3. The lowest BCUT2D eigenvalue weighted by atomic mass is 10.0. The van der Waals surface area contributed by atoms with Gasteiger partial charge in [-0.25, -0.2) is 4.79 Å². The third-order valence-electron chi connectivity index (χ3n) is 5.98. The van der Waals surface area contributed by atoms with Gasteiger partial charge in [0.25, 0.3) is 0 Å². The van der Waals surface area contributed by atoms with Gasteiger partial charge in [-0.1, -0.05) is 60.7 Å². The molecule has 2 heterocycles. The normalized spacial score (nSPS) is 11.6. The van der Waals surface area contributed by atoms with E-state index >= 15 is 0 Å². The molecule has 0 bridgehead atoms. The fourth-order valence-electron chi connectivity index (χ4n) is 3.95. The number of ketones is 1. The van der Waals surface area contributed by atoms with Crippen molar-refractivity contribution in [3.63, 3.8) is 0 Å². The molecular formula is C29H29N5O4. The lowest BCUT2D eigenvalue weighted by Gasteiger charge is -2.10. The fraction of sp³-hybridized carbons (Fsp3) is 0.241. The van der Waals surface area contributed by atoms with Gasteiger partial charge in [0.1, 0.15) is 6.10 Å². The van der Waals surface area contributed by atoms with E-state index in [1.165, 1.54) is 4.57 Å². The van der Waals surface area contributed by atoms with Crippen LogP contribution >= 0.6 is 0 Å². The molecule has 0 aliphatic rings. The Morgan fingerprint density at radius 2 is 1.58 bits per heavy atom. The number of nitrogens with one attached hydrogen (secondary N) is 1. The summed E-state index contributed by atoms with van der Waals surface area (Å²) in [7, 11) is 0. The van der Waals surface area contributed by atoms with Crippen molar-refractivity contribution in [2.45, 2.75) is 44.8 Å². The van der Waals surface area contributed by atoms with Gasteiger partial charge in [0.05, 0.1) is 24.2 Å². The maximum absolute atomic E-state index is 12.4. The number of rotatable bonds is 12. The molecule has 0 radical (unpaired) electrons. The van der Waals surface area contributed by atoms with E-state index in [9.17, 15) is 19.5 Å². The van der Waals surface area contributed by atoms with E-state index in [0.717, 1.165) is 24.1 Å². The van der Waals surface area contributed by atoms with Gasteiger partial charge in [-0.3, -0.25) is 14.2 Å². The van der Waals surface area contributed by atoms with Crippen LogP contribution in [0.1, 0.15) is 41.5 Å². The Kier molecular flexibility index (Phi) is 9.20. The molecule has 0 aliphatic heterocycles. The van der Waals surface area contributed by atoms with Crippen molar-refractivity contribution in [1.82, 2.24) is 19.7 Å². The van der Waals surface area contributed by atoms with Crippen LogP contribution in [0, 0.1) is 0 Å². The number of unbranched alkanes of at least 4 members (excludes halogenated alkanes) is 1. The van der Waals surface area contributed by atoms with Crippen LogP contribution in [0.4, 0.5) is 5.82 Å². The second-order valence-electron chi connectivity index (χ2n) is 8.93. The SMILES string of the molecule is O=C(Cc1ccccc1)Nc1ccc(CCCCn2ccc(CC(=O)[C@H](O)c3ccccc3)nc2=O)nn1. The lowest BCUT2D eigenvalue weighted by Crippen LogP contribution is -2.25. The number of benzene rings is 2. The van der Waals surface area contributed by atoms with Gasteiger partial charge in [0.2, 0.25) is 5.91 Å². The monoisotopic (exact) mass is 511 g/mol. The Hall–Kier alpha value is -4.50. The van der Waals surface area contributed by atoms with Crippen LogP contribution in [0.15, 0.2) is 89.9 Å². The Balaban J connectivity index is 1.20. The molecule has 4 aromatic rings. The number of aliphatic hydroxyl groups is 1. The predicted molar refractivity (Wildman–Crippen MR) is 142 cm³/mol. The molecule has 2 N–H and O–H groups in total. The molecule has 0 unspecified atom stereocenters. The molecule has 0 saturated carbocycles. The number of carbonyl (C=O) groups excluding carboxylic acids is 2. The van der Waals surface area contributed by atoms with Crippen molar-refractivity contribution < 1.29 is 14.7 Å². The number of amides is 1. The highest BCUT2D eigenvalue weighted by Gasteiger charge is 2.18. The maximum atomic E-state index is 12.4. The number of hydrogen-bond donors (Lipinski definition) is 2. The first-order valence-corrected chi connectivity index (χ1v) is 12.5. The summed E-state index contributed by atoms with van der Waals surface area (Å²) in [6.07, 6.45) is 2.72. The number of nitrogens with zero attached hydrogens (tertiary/aromatic N) is 4. The zero-order valence-electron chi connectivity index (χ0n) is 20.9. The molecule has 0 aliphatic carbocycles. The fourth-order valence-corrected chi connectivity index (χ4v) is 3.95. The average Bonchev–Trinajstić information content (AvgIpc) is 2.93. The standard InChI is InChI=1S/C29H29N5O4/c35-25(28(37)22-11-5-2-6-12-22)20-24-16-18-34(29(38)30-24)17-8-7-13-23-14-15-26(33-32-23)31-27(36)19-21-9-3-1-4-10-21/h1-6,9-12,14-16,18,28,37H,7-8,13,17,19-20H2,(H,31,33,36)/t28-/m1/s1. The van der Waals surface area contributed by atoms with Crippen LogP contribution in [-0.2, 0) is 35.4 Å². The lowest BCUT2D eigenvalue weighted by molar-refractivity contribution is -0.126. The third kappa shape index (κ3) is 7.75. The molecule has 38 heavy (non-hydrogen) atoms. The van der Waals surface area contributed by atoms with Gasteiger partial charge < -0.3 is 10.4 Å². The first kappa shape index (κ1) is 26.6. The number of anilines is 1. The van der Waals surface area contributed by atoms with Crippen molar-refractivity contribution in [2.75, 3.05) is 5.32 Å². The van der Waals surface area contributed by atoms with Crippen molar-refractivity contribution >= 4 is 17.5 Å². The molecule has 2 aromatic heterocycles. The molecule has 194 valence electrons. The van der Waals surface area contributed by atoms with Gasteiger partial charge in [0, 0.05) is 12.7 Å². The molecular weight excluding hydrogens is 482 g/mol. The van der Waals surface area contributed by atoms with E-state index in [1.807, 2.05) is 36.4 Å².